The molecule has 0 N–H and O–H groups in total. The normalized spacial score (nSPS) is 0. The zero-order valence-electron chi connectivity index (χ0n) is 4.08. The molecule has 0 atom stereocenters. The van der Waals surface area contributed by atoms with Crippen LogP contribution in [0.5, 0.6) is 0 Å². The van der Waals surface area contributed by atoms with Gasteiger partial charge in [0, 0.05) is 0 Å². The molecule has 0 aromatic rings. The second-order valence-corrected chi connectivity index (χ2v) is 0. The van der Waals surface area contributed by atoms with Crippen LogP contribution in [-0.4, -0.2) is 0 Å². The van der Waals surface area contributed by atoms with Crippen LogP contribution in [0.2, 0.25) is 0 Å². The Balaban J connectivity index is 0. The Bertz CT molecular complexity index is 7.22. The summed E-state index contributed by atoms with van der Waals surface area (Å²) in [6.45, 7) is 0. The third-order valence-corrected chi connectivity index (χ3v) is 0. The molecule has 10 heavy (non-hydrogen) atoms. The van der Waals surface area contributed by atoms with Gasteiger partial charge in [-0.3, -0.25) is 37.6 Å². The van der Waals surface area contributed by atoms with Crippen LogP contribution in [0.1, 0.15) is 0 Å². The average molecular weight is 416 g/mol. The smallest absolute Gasteiger partial charge is 0.107 e. The van der Waals surface area contributed by atoms with E-state index in [1.165, 1.54) is 0 Å². The molecular formula is H10F8I2. The maximum absolute atomic E-state index is 0. The predicted octanol–water partition coefficient (Wildman–Crippen LogP) is 2.46. The van der Waals surface area contributed by atoms with Gasteiger partial charge in [-0.1, -0.05) is 0 Å². The summed E-state index contributed by atoms with van der Waals surface area (Å²) in [5.41, 5.74) is 0. The molecule has 0 saturated heterocycles. The minimum absolute atomic E-state index is 0. The van der Waals surface area contributed by atoms with Gasteiger partial charge in [0.1, 0.15) is 0 Å². The Labute approximate surface area is 85.5 Å². The fourth-order valence-electron chi connectivity index (χ4n) is 0. The van der Waals surface area contributed by atoms with Gasteiger partial charge in [-0.05, 0) is 0 Å². The molecule has 0 aromatic heterocycles. The summed E-state index contributed by atoms with van der Waals surface area (Å²) in [4.78, 5) is 0. The van der Waals surface area contributed by atoms with Gasteiger partial charge in [0.25, 0.3) is 0 Å². The van der Waals surface area contributed by atoms with Crippen LogP contribution < -0.4 is 0 Å². The molecule has 0 nitrogen and oxygen atoms in total. The molecular weight excluding hydrogens is 406 g/mol. The minimum Gasteiger partial charge on any atom is -0.269 e. The van der Waals surface area contributed by atoms with E-state index in [-0.39, 0.29) is 85.6 Å². The van der Waals surface area contributed by atoms with Crippen molar-refractivity contribution >= 4 is 48.0 Å². The van der Waals surface area contributed by atoms with Crippen molar-refractivity contribution in [3.8, 4) is 0 Å². The van der Waals surface area contributed by atoms with Gasteiger partial charge in [-0.15, -0.1) is 48.0 Å². The Hall–Kier alpha value is 0.900. The third-order valence-electron chi connectivity index (χ3n) is 0. The second kappa shape index (κ2) is 968. The van der Waals surface area contributed by atoms with Crippen LogP contribution in [0.3, 0.4) is 0 Å². The van der Waals surface area contributed by atoms with Gasteiger partial charge in [0.2, 0.25) is 0 Å². The van der Waals surface area contributed by atoms with Crippen molar-refractivity contribution in [1.29, 1.82) is 0 Å². The van der Waals surface area contributed by atoms with E-state index in [0.717, 1.165) is 0 Å². The lowest BCUT2D eigenvalue weighted by atomic mass is 19.0. The molecule has 0 fully saturated rings. The molecule has 0 rings (SSSR count). The van der Waals surface area contributed by atoms with Crippen molar-refractivity contribution in [2.45, 2.75) is 0 Å². The average Bonchev–Trinajstić information content (AvgIpc) is 0. The molecule has 0 unspecified atom stereocenters. The molecule has 0 aliphatic heterocycles. The van der Waals surface area contributed by atoms with Crippen molar-refractivity contribution in [3.63, 3.8) is 0 Å². The molecule has 0 amide bonds. The highest BCUT2D eigenvalue weighted by molar-refractivity contribution is 14.0. The highest BCUT2D eigenvalue weighted by Crippen LogP contribution is 0.887. The summed E-state index contributed by atoms with van der Waals surface area (Å²) in [7, 11) is 0. The van der Waals surface area contributed by atoms with Crippen LogP contribution in [0.15, 0.2) is 0 Å². The summed E-state index contributed by atoms with van der Waals surface area (Å²) >= 11 is 0. The lowest BCUT2D eigenvalue weighted by Gasteiger charge is -0.270. The van der Waals surface area contributed by atoms with E-state index in [0.29, 0.717) is 0 Å². The van der Waals surface area contributed by atoms with Crippen molar-refractivity contribution in [1.82, 2.24) is 0 Å². The van der Waals surface area contributed by atoms with Crippen LogP contribution in [0.4, 0.5) is 37.6 Å². The van der Waals surface area contributed by atoms with Gasteiger partial charge in [-0.25, -0.2) is 0 Å². The van der Waals surface area contributed by atoms with E-state index in [1.807, 2.05) is 0 Å². The monoisotopic (exact) mass is 416 g/mol. The summed E-state index contributed by atoms with van der Waals surface area (Å²) in [5, 5.41) is 0. The molecule has 0 saturated carbocycles. The molecule has 0 heterocycles. The first-order chi connectivity index (χ1) is 0. The maximum Gasteiger partial charge on any atom is -0.107 e. The van der Waals surface area contributed by atoms with Gasteiger partial charge < -0.3 is 0 Å². The molecule has 0 bridgehead atoms. The maximum atomic E-state index is 0. The van der Waals surface area contributed by atoms with E-state index < -0.39 is 0 Å². The second-order valence-electron chi connectivity index (χ2n) is 0. The SMILES string of the molecule is F.F.F.F.F.F.F.F.I.I. The number of hydrogen-bond donors (Lipinski definition) is 0. The Morgan fingerprint density at radius 2 is 0.200 bits per heavy atom. The van der Waals surface area contributed by atoms with Crippen molar-refractivity contribution in [3.05, 3.63) is 0 Å². The fourth-order valence-corrected chi connectivity index (χ4v) is 0. The van der Waals surface area contributed by atoms with Crippen LogP contribution in [-0.2, 0) is 0 Å². The van der Waals surface area contributed by atoms with Crippen LogP contribution in [0, 0.1) is 0 Å². The van der Waals surface area contributed by atoms with Gasteiger partial charge >= 0.3 is 0 Å². The molecule has 0 aliphatic rings. The fraction of sp³-hybridized carbons (Fsp3) is 0. The van der Waals surface area contributed by atoms with E-state index in [4.69, 9.17) is 0 Å². The lowest BCUT2D eigenvalue weighted by Crippen LogP contribution is 0.419. The molecule has 0 spiro atoms. The zero-order chi connectivity index (χ0) is 0. The zero-order valence-corrected chi connectivity index (χ0v) is 8.74. The molecule has 0 aromatic carbocycles. The van der Waals surface area contributed by atoms with E-state index in [2.05, 4.69) is 0 Å². The number of hydrogen-bond acceptors (Lipinski definition) is 0. The van der Waals surface area contributed by atoms with Gasteiger partial charge in [-0.2, -0.15) is 0 Å². The quantitative estimate of drug-likeness (QED) is 0.421. The summed E-state index contributed by atoms with van der Waals surface area (Å²) in [6, 6.07) is 0. The minimum atomic E-state index is 0. The highest BCUT2D eigenvalue weighted by Gasteiger charge is -0.106. The first-order valence-electron chi connectivity index (χ1n) is 0. The summed E-state index contributed by atoms with van der Waals surface area (Å²) in [5.74, 6) is 0. The standard InChI is InChI=1S/8FH.2HI/h10*1H. The summed E-state index contributed by atoms with van der Waals surface area (Å²) < 4.78 is 0. The van der Waals surface area contributed by atoms with E-state index in [1.54, 1.807) is 0 Å². The lowest BCUT2D eigenvalue weighted by molar-refractivity contribution is 1.11. The highest BCUT2D eigenvalue weighted by atomic mass is 127. The van der Waals surface area contributed by atoms with Gasteiger partial charge in [0.05, 0.1) is 0 Å². The van der Waals surface area contributed by atoms with Gasteiger partial charge in [0.15, 0.2) is 0 Å². The van der Waals surface area contributed by atoms with Crippen molar-refractivity contribution in [2.24, 2.45) is 0 Å². The number of halogens is 10. The summed E-state index contributed by atoms with van der Waals surface area (Å²) in [6.07, 6.45) is 0. The van der Waals surface area contributed by atoms with Crippen LogP contribution in [0.25, 0.3) is 0 Å². The van der Waals surface area contributed by atoms with E-state index >= 15 is 0 Å². The first kappa shape index (κ1) is 1320. The van der Waals surface area contributed by atoms with Crippen molar-refractivity contribution < 1.29 is 37.6 Å². The Kier molecular flexibility index (Phi) is 128000. The molecule has 10 heteroatoms. The number of rotatable bonds is 0. The van der Waals surface area contributed by atoms with E-state index in [9.17, 15) is 0 Å². The molecule has 0 aliphatic carbocycles. The first-order valence-corrected chi connectivity index (χ1v) is 0. The largest absolute Gasteiger partial charge is 0.269 e. The Morgan fingerprint density at radius 1 is 0.200 bits per heavy atom. The third kappa shape index (κ3) is 686. The predicted molar refractivity (Wildman–Crippen MR) is 50.9 cm³/mol. The molecule has 80 valence electrons. The van der Waals surface area contributed by atoms with Crippen molar-refractivity contribution in [2.75, 3.05) is 0 Å². The topological polar surface area (TPSA) is 0 Å². The van der Waals surface area contributed by atoms with Crippen LogP contribution >= 0.6 is 48.0 Å². The Morgan fingerprint density at radius 3 is 0.200 bits per heavy atom. The molecule has 0 radical (unpaired) electrons.